The number of anilines is 1. The number of fused-ring (bicyclic) bond motifs is 3. The van der Waals surface area contributed by atoms with Crippen LogP contribution in [0.2, 0.25) is 0 Å². The van der Waals surface area contributed by atoms with E-state index in [9.17, 15) is 0 Å². The number of halogens is 2. The van der Waals surface area contributed by atoms with E-state index < -0.39 is 4.33 Å². The summed E-state index contributed by atoms with van der Waals surface area (Å²) in [6, 6.07) is 14.2. The molecule has 0 aliphatic heterocycles. The molecule has 19 heavy (non-hydrogen) atoms. The van der Waals surface area contributed by atoms with Crippen LogP contribution in [0.5, 0.6) is 0 Å². The monoisotopic (exact) mass is 367 g/mol. The quantitative estimate of drug-likeness (QED) is 0.673. The standard InChI is InChI=1S/C15H13Cl2N.Zr/c1-18(2)13-9-5-8-12-14(13)10-6-3-4-7-11(10)15(12,16)17;/h3-9H,1-2H3;. The van der Waals surface area contributed by atoms with Crippen molar-refractivity contribution in [2.24, 2.45) is 0 Å². The van der Waals surface area contributed by atoms with Gasteiger partial charge in [-0.3, -0.25) is 0 Å². The van der Waals surface area contributed by atoms with Crippen LogP contribution in [0, 0.1) is 0 Å². The van der Waals surface area contributed by atoms with E-state index in [-0.39, 0.29) is 26.2 Å². The number of nitrogens with zero attached hydrogens (tertiary/aromatic N) is 1. The van der Waals surface area contributed by atoms with Crippen molar-refractivity contribution in [3.05, 3.63) is 53.6 Å². The maximum Gasteiger partial charge on any atom is 0.169 e. The van der Waals surface area contributed by atoms with Gasteiger partial charge in [0.2, 0.25) is 0 Å². The first-order chi connectivity index (χ1) is 8.53. The minimum Gasteiger partial charge on any atom is -0.377 e. The zero-order valence-electron chi connectivity index (χ0n) is 10.7. The van der Waals surface area contributed by atoms with Gasteiger partial charge in [-0.2, -0.15) is 0 Å². The van der Waals surface area contributed by atoms with Gasteiger partial charge in [-0.25, -0.2) is 0 Å². The molecule has 1 aliphatic carbocycles. The molecular formula is C15H13Cl2NZr. The third-order valence-corrected chi connectivity index (χ3v) is 4.21. The van der Waals surface area contributed by atoms with E-state index in [1.807, 2.05) is 44.4 Å². The van der Waals surface area contributed by atoms with Gasteiger partial charge in [-0.15, -0.1) is 0 Å². The van der Waals surface area contributed by atoms with Gasteiger partial charge in [0.05, 0.1) is 0 Å². The molecule has 0 bridgehead atoms. The van der Waals surface area contributed by atoms with Crippen LogP contribution in [-0.2, 0) is 30.5 Å². The van der Waals surface area contributed by atoms with Crippen LogP contribution < -0.4 is 4.90 Å². The third-order valence-electron chi connectivity index (χ3n) is 3.40. The summed E-state index contributed by atoms with van der Waals surface area (Å²) in [7, 11) is 4.06. The molecule has 0 unspecified atom stereocenters. The van der Waals surface area contributed by atoms with E-state index in [1.165, 1.54) is 0 Å². The first-order valence-corrected chi connectivity index (χ1v) is 6.57. The predicted octanol–water partition coefficient (Wildman–Crippen LogP) is 4.41. The van der Waals surface area contributed by atoms with E-state index in [0.717, 1.165) is 27.9 Å². The molecular weight excluding hydrogens is 356 g/mol. The second-order valence-corrected chi connectivity index (χ2v) is 6.04. The summed E-state index contributed by atoms with van der Waals surface area (Å²) in [6.45, 7) is 0. The summed E-state index contributed by atoms with van der Waals surface area (Å²) in [5, 5.41) is 0. The molecule has 0 amide bonds. The van der Waals surface area contributed by atoms with E-state index in [2.05, 4.69) is 17.0 Å². The molecule has 2 aromatic rings. The summed E-state index contributed by atoms with van der Waals surface area (Å²) in [4.78, 5) is 2.09. The van der Waals surface area contributed by atoms with E-state index in [4.69, 9.17) is 23.2 Å². The molecule has 1 nitrogen and oxygen atoms in total. The second-order valence-electron chi connectivity index (χ2n) is 4.71. The van der Waals surface area contributed by atoms with Crippen molar-refractivity contribution >= 4 is 28.9 Å². The summed E-state index contributed by atoms with van der Waals surface area (Å²) in [5.74, 6) is 0. The van der Waals surface area contributed by atoms with Gasteiger partial charge < -0.3 is 4.90 Å². The SMILES string of the molecule is CN(C)c1cccc2c1-c1ccccc1C2(Cl)Cl.[Zr]. The Morgan fingerprint density at radius 2 is 1.53 bits per heavy atom. The number of rotatable bonds is 1. The van der Waals surface area contributed by atoms with Gasteiger partial charge in [0.25, 0.3) is 0 Å². The second kappa shape index (κ2) is 5.24. The zero-order valence-corrected chi connectivity index (χ0v) is 14.7. The molecule has 0 spiro atoms. The molecule has 1 aliphatic rings. The van der Waals surface area contributed by atoms with Crippen LogP contribution in [0.1, 0.15) is 11.1 Å². The first kappa shape index (κ1) is 15.1. The number of benzene rings is 2. The summed E-state index contributed by atoms with van der Waals surface area (Å²) in [6.07, 6.45) is 0. The van der Waals surface area contributed by atoms with Crippen molar-refractivity contribution in [3.63, 3.8) is 0 Å². The third kappa shape index (κ3) is 2.18. The van der Waals surface area contributed by atoms with Crippen molar-refractivity contribution < 1.29 is 26.2 Å². The van der Waals surface area contributed by atoms with Crippen LogP contribution in [0.4, 0.5) is 5.69 Å². The van der Waals surface area contributed by atoms with Crippen LogP contribution in [-0.4, -0.2) is 14.1 Å². The zero-order chi connectivity index (χ0) is 12.9. The molecule has 4 heteroatoms. The van der Waals surface area contributed by atoms with Crippen molar-refractivity contribution in [1.82, 2.24) is 0 Å². The topological polar surface area (TPSA) is 3.24 Å². The molecule has 0 saturated heterocycles. The Morgan fingerprint density at radius 3 is 2.21 bits per heavy atom. The Balaban J connectivity index is 0.00000133. The summed E-state index contributed by atoms with van der Waals surface area (Å²) >= 11 is 13.1. The molecule has 0 aromatic heterocycles. The smallest absolute Gasteiger partial charge is 0.169 e. The molecule has 96 valence electrons. The number of hydrogen-bond acceptors (Lipinski definition) is 1. The fourth-order valence-electron chi connectivity index (χ4n) is 2.58. The fraction of sp³-hybridized carbons (Fsp3) is 0.200. The molecule has 3 rings (SSSR count). The van der Waals surface area contributed by atoms with Crippen LogP contribution in [0.15, 0.2) is 42.5 Å². The Bertz CT molecular complexity index is 623. The molecule has 0 heterocycles. The average molecular weight is 369 g/mol. The van der Waals surface area contributed by atoms with Crippen molar-refractivity contribution in [3.8, 4) is 11.1 Å². The molecule has 2 aromatic carbocycles. The van der Waals surface area contributed by atoms with Crippen molar-refractivity contribution in [2.75, 3.05) is 19.0 Å². The Labute approximate surface area is 142 Å². The molecule has 0 N–H and O–H groups in total. The van der Waals surface area contributed by atoms with Gasteiger partial charge in [0.1, 0.15) is 0 Å². The summed E-state index contributed by atoms with van der Waals surface area (Å²) in [5.41, 5.74) is 5.35. The predicted molar refractivity (Wildman–Crippen MR) is 78.7 cm³/mol. The van der Waals surface area contributed by atoms with Gasteiger partial charge >= 0.3 is 0 Å². The molecule has 0 saturated carbocycles. The van der Waals surface area contributed by atoms with Crippen LogP contribution in [0.3, 0.4) is 0 Å². The van der Waals surface area contributed by atoms with Gasteiger partial charge in [-0.1, -0.05) is 59.6 Å². The molecule has 0 fully saturated rings. The van der Waals surface area contributed by atoms with Gasteiger partial charge in [0, 0.05) is 62.7 Å². The average Bonchev–Trinajstić information content (AvgIpc) is 2.59. The molecule has 0 atom stereocenters. The Morgan fingerprint density at radius 1 is 0.895 bits per heavy atom. The largest absolute Gasteiger partial charge is 0.377 e. The fourth-order valence-corrected chi connectivity index (χ4v) is 3.22. The van der Waals surface area contributed by atoms with Crippen LogP contribution in [0.25, 0.3) is 11.1 Å². The van der Waals surface area contributed by atoms with Gasteiger partial charge in [-0.05, 0) is 11.6 Å². The van der Waals surface area contributed by atoms with Crippen LogP contribution >= 0.6 is 23.2 Å². The maximum absolute atomic E-state index is 6.55. The Kier molecular flexibility index (Phi) is 4.16. The van der Waals surface area contributed by atoms with Crippen molar-refractivity contribution in [1.29, 1.82) is 0 Å². The number of hydrogen-bond donors (Lipinski definition) is 0. The minimum atomic E-state index is -0.946. The van der Waals surface area contributed by atoms with Crippen molar-refractivity contribution in [2.45, 2.75) is 4.33 Å². The first-order valence-electron chi connectivity index (χ1n) is 5.82. The molecule has 0 radical (unpaired) electrons. The Hall–Kier alpha value is -0.297. The van der Waals surface area contributed by atoms with E-state index in [1.54, 1.807) is 0 Å². The number of alkyl halides is 2. The van der Waals surface area contributed by atoms with E-state index >= 15 is 0 Å². The minimum absolute atomic E-state index is 0. The summed E-state index contributed by atoms with van der Waals surface area (Å²) < 4.78 is -0.946. The van der Waals surface area contributed by atoms with E-state index in [0.29, 0.717) is 0 Å². The van der Waals surface area contributed by atoms with Gasteiger partial charge in [0.15, 0.2) is 4.33 Å². The maximum atomic E-state index is 6.55. The normalized spacial score (nSPS) is 14.3.